The molecule has 5 nitrogen and oxygen atoms in total. The Morgan fingerprint density at radius 2 is 2.25 bits per heavy atom. The molecule has 2 amide bonds. The highest BCUT2D eigenvalue weighted by Crippen LogP contribution is 2.31. The number of hydrogen-bond acceptors (Lipinski definition) is 3. The van der Waals surface area contributed by atoms with Gasteiger partial charge >= 0.3 is 14.2 Å². The minimum absolute atomic E-state index is 0.218. The van der Waals surface area contributed by atoms with E-state index in [-0.39, 0.29) is 6.03 Å². The van der Waals surface area contributed by atoms with Gasteiger partial charge in [-0.15, -0.1) is 4.52 Å². The van der Waals surface area contributed by atoms with Crippen LogP contribution in [0.25, 0.3) is 0 Å². The van der Waals surface area contributed by atoms with E-state index in [1.165, 1.54) is 9.57 Å². The molecule has 0 aromatic carbocycles. The Labute approximate surface area is 72.2 Å². The quantitative estimate of drug-likeness (QED) is 0.626. The average Bonchev–Trinajstić information content (AvgIpc) is 2.34. The standard InChI is InChI=1S/C6H12N2O3P/c1-3-11-12(10)8-5-4-7(2)6(8)9/h3-5H2,1-2H3/q+1. The van der Waals surface area contributed by atoms with E-state index in [1.54, 1.807) is 14.0 Å². The van der Waals surface area contributed by atoms with Gasteiger partial charge in [0, 0.05) is 13.6 Å². The van der Waals surface area contributed by atoms with Crippen LogP contribution in [0.2, 0.25) is 0 Å². The number of rotatable bonds is 3. The van der Waals surface area contributed by atoms with Crippen molar-refractivity contribution in [1.82, 2.24) is 9.57 Å². The van der Waals surface area contributed by atoms with Crippen LogP contribution in [0.3, 0.4) is 0 Å². The van der Waals surface area contributed by atoms with Gasteiger partial charge in [-0.2, -0.15) is 0 Å². The molecule has 1 aliphatic heterocycles. The van der Waals surface area contributed by atoms with Crippen molar-refractivity contribution in [2.24, 2.45) is 0 Å². The lowest BCUT2D eigenvalue weighted by Crippen LogP contribution is -2.24. The van der Waals surface area contributed by atoms with Gasteiger partial charge in [0.1, 0.15) is 6.61 Å². The maximum atomic E-state index is 11.2. The van der Waals surface area contributed by atoms with E-state index in [2.05, 4.69) is 0 Å². The molecule has 1 saturated heterocycles. The summed E-state index contributed by atoms with van der Waals surface area (Å²) in [6.45, 7) is 3.22. The number of carbonyl (C=O) groups excluding carboxylic acids is 1. The molecule has 1 atom stereocenters. The van der Waals surface area contributed by atoms with E-state index >= 15 is 0 Å². The fourth-order valence-electron chi connectivity index (χ4n) is 0.965. The highest BCUT2D eigenvalue weighted by atomic mass is 31.1. The Balaban J connectivity index is 2.53. The molecule has 1 fully saturated rings. The van der Waals surface area contributed by atoms with Crippen LogP contribution in [0.1, 0.15) is 6.92 Å². The van der Waals surface area contributed by atoms with Crippen molar-refractivity contribution in [2.45, 2.75) is 6.92 Å². The Kier molecular flexibility index (Phi) is 3.00. The SMILES string of the molecule is CCO[P+](=O)N1CCN(C)C1=O. The third-order valence-electron chi connectivity index (χ3n) is 1.63. The van der Waals surface area contributed by atoms with Crippen LogP contribution < -0.4 is 0 Å². The molecular weight excluding hydrogens is 179 g/mol. The summed E-state index contributed by atoms with van der Waals surface area (Å²) in [6, 6.07) is -0.218. The van der Waals surface area contributed by atoms with E-state index in [9.17, 15) is 9.36 Å². The Hall–Kier alpha value is -0.670. The van der Waals surface area contributed by atoms with Gasteiger partial charge in [-0.3, -0.25) is 0 Å². The molecule has 0 spiro atoms. The molecule has 6 heteroatoms. The molecule has 0 aliphatic carbocycles. The first-order valence-electron chi connectivity index (χ1n) is 3.79. The lowest BCUT2D eigenvalue weighted by Gasteiger charge is -2.03. The van der Waals surface area contributed by atoms with Crippen LogP contribution in [0.15, 0.2) is 0 Å². The molecule has 0 aromatic rings. The van der Waals surface area contributed by atoms with Crippen molar-refractivity contribution in [2.75, 3.05) is 26.7 Å². The fraction of sp³-hybridized carbons (Fsp3) is 0.833. The van der Waals surface area contributed by atoms with E-state index in [0.717, 1.165) is 0 Å². The average molecular weight is 191 g/mol. The smallest absolute Gasteiger partial charge is 0.323 e. The number of likely N-dealkylation sites (N-methyl/N-ethyl adjacent to an activating group) is 1. The first-order valence-corrected chi connectivity index (χ1v) is 4.92. The van der Waals surface area contributed by atoms with Gasteiger partial charge in [0.2, 0.25) is 0 Å². The first kappa shape index (κ1) is 9.42. The Bertz CT molecular complexity index is 209. The molecule has 0 radical (unpaired) electrons. The highest BCUT2D eigenvalue weighted by molar-refractivity contribution is 7.37. The van der Waals surface area contributed by atoms with Crippen LogP contribution in [0.4, 0.5) is 4.79 Å². The molecule has 0 bridgehead atoms. The first-order chi connectivity index (χ1) is 5.66. The van der Waals surface area contributed by atoms with Gasteiger partial charge in [0.25, 0.3) is 0 Å². The molecule has 1 unspecified atom stereocenters. The summed E-state index contributed by atoms with van der Waals surface area (Å²) in [5.74, 6) is 0. The molecule has 1 aliphatic rings. The summed E-state index contributed by atoms with van der Waals surface area (Å²) in [7, 11) is -0.278. The number of carbonyl (C=O) groups is 1. The summed E-state index contributed by atoms with van der Waals surface area (Å²) in [4.78, 5) is 12.7. The summed E-state index contributed by atoms with van der Waals surface area (Å²) >= 11 is 0. The van der Waals surface area contributed by atoms with Gasteiger partial charge in [0.05, 0.1) is 6.54 Å². The van der Waals surface area contributed by atoms with Crippen molar-refractivity contribution >= 4 is 14.2 Å². The third-order valence-corrected chi connectivity index (χ3v) is 2.88. The molecule has 12 heavy (non-hydrogen) atoms. The van der Waals surface area contributed by atoms with Crippen LogP contribution in [-0.4, -0.2) is 42.3 Å². The van der Waals surface area contributed by atoms with E-state index < -0.39 is 8.18 Å². The van der Waals surface area contributed by atoms with Gasteiger partial charge < -0.3 is 4.90 Å². The van der Waals surface area contributed by atoms with Crippen LogP contribution in [0, 0.1) is 0 Å². The predicted molar refractivity (Wildman–Crippen MR) is 44.0 cm³/mol. The summed E-state index contributed by atoms with van der Waals surface area (Å²) in [6.07, 6.45) is 0. The molecule has 0 N–H and O–H groups in total. The molecule has 0 aromatic heterocycles. The van der Waals surface area contributed by atoms with Crippen molar-refractivity contribution in [3.8, 4) is 0 Å². The Morgan fingerprint density at radius 1 is 1.58 bits per heavy atom. The van der Waals surface area contributed by atoms with Crippen molar-refractivity contribution in [3.05, 3.63) is 0 Å². The maximum Gasteiger partial charge on any atom is 0.650 e. The second kappa shape index (κ2) is 3.83. The minimum atomic E-state index is -1.96. The highest BCUT2D eigenvalue weighted by Gasteiger charge is 2.41. The van der Waals surface area contributed by atoms with Gasteiger partial charge in [-0.05, 0) is 11.5 Å². The summed E-state index contributed by atoms with van der Waals surface area (Å²) < 4.78 is 17.3. The van der Waals surface area contributed by atoms with Crippen LogP contribution in [-0.2, 0) is 9.09 Å². The van der Waals surface area contributed by atoms with E-state index in [1.807, 2.05) is 0 Å². The Morgan fingerprint density at radius 3 is 2.67 bits per heavy atom. The maximum absolute atomic E-state index is 11.2. The van der Waals surface area contributed by atoms with Crippen LogP contribution >= 0.6 is 8.18 Å². The summed E-state index contributed by atoms with van der Waals surface area (Å²) in [5.41, 5.74) is 0. The third kappa shape index (κ3) is 1.73. The van der Waals surface area contributed by atoms with Crippen molar-refractivity contribution in [3.63, 3.8) is 0 Å². The lowest BCUT2D eigenvalue weighted by atomic mass is 10.7. The van der Waals surface area contributed by atoms with Crippen molar-refractivity contribution in [1.29, 1.82) is 0 Å². The van der Waals surface area contributed by atoms with Crippen LogP contribution in [0.5, 0.6) is 0 Å². The van der Waals surface area contributed by atoms with E-state index in [0.29, 0.717) is 19.7 Å². The molecular formula is C6H12N2O3P+. The van der Waals surface area contributed by atoms with Crippen molar-refractivity contribution < 1.29 is 13.9 Å². The minimum Gasteiger partial charge on any atom is -0.323 e. The zero-order valence-corrected chi connectivity index (χ0v) is 8.08. The molecule has 1 rings (SSSR count). The molecule has 1 heterocycles. The number of hydrogen-bond donors (Lipinski definition) is 0. The lowest BCUT2D eigenvalue weighted by molar-refractivity contribution is 0.210. The van der Waals surface area contributed by atoms with Gasteiger partial charge in [-0.25, -0.2) is 4.79 Å². The van der Waals surface area contributed by atoms with Gasteiger partial charge in [0.15, 0.2) is 0 Å². The second-order valence-electron chi connectivity index (χ2n) is 2.48. The monoisotopic (exact) mass is 191 g/mol. The number of nitrogens with zero attached hydrogens (tertiary/aromatic N) is 2. The zero-order valence-electron chi connectivity index (χ0n) is 7.19. The van der Waals surface area contributed by atoms with E-state index in [4.69, 9.17) is 4.52 Å². The summed E-state index contributed by atoms with van der Waals surface area (Å²) in [5, 5.41) is 0. The largest absolute Gasteiger partial charge is 0.650 e. The predicted octanol–water partition coefficient (Wildman–Crippen LogP) is 1.05. The topological polar surface area (TPSA) is 49.9 Å². The number of amides is 2. The number of urea groups is 1. The fourth-order valence-corrected chi connectivity index (χ4v) is 1.87. The van der Waals surface area contributed by atoms with Gasteiger partial charge in [-0.1, -0.05) is 4.67 Å². The molecule has 68 valence electrons. The second-order valence-corrected chi connectivity index (χ2v) is 3.70. The normalized spacial score (nSPS) is 18.8. The zero-order chi connectivity index (χ0) is 9.14. The molecule has 0 saturated carbocycles.